The van der Waals surface area contributed by atoms with Crippen LogP contribution in [-0.4, -0.2) is 29.9 Å². The number of nitrogens with zero attached hydrogens (tertiary/aromatic N) is 1. The van der Waals surface area contributed by atoms with E-state index in [0.29, 0.717) is 30.8 Å². The van der Waals surface area contributed by atoms with Crippen LogP contribution in [0.5, 0.6) is 0 Å². The lowest BCUT2D eigenvalue weighted by Crippen LogP contribution is -2.43. The molecule has 2 atom stereocenters. The lowest BCUT2D eigenvalue weighted by molar-refractivity contribution is -0.135. The number of rotatable bonds is 6. The van der Waals surface area contributed by atoms with Gasteiger partial charge in [-0.2, -0.15) is 0 Å². The molecule has 17 heavy (non-hydrogen) atoms. The molecule has 2 N–H and O–H groups in total. The minimum Gasteiger partial charge on any atom is -0.340 e. The first-order chi connectivity index (χ1) is 8.19. The van der Waals surface area contributed by atoms with Crippen molar-refractivity contribution in [1.82, 2.24) is 4.90 Å². The zero-order chi connectivity index (χ0) is 12.7. The second-order valence-corrected chi connectivity index (χ2v) is 5.40. The average molecular weight is 240 g/mol. The summed E-state index contributed by atoms with van der Waals surface area (Å²) in [5, 5.41) is 0. The van der Waals surface area contributed by atoms with E-state index in [0.717, 1.165) is 19.4 Å². The molecule has 1 fully saturated rings. The van der Waals surface area contributed by atoms with Crippen LogP contribution >= 0.6 is 0 Å². The van der Waals surface area contributed by atoms with Gasteiger partial charge in [-0.05, 0) is 44.6 Å². The molecule has 0 aromatic carbocycles. The second kappa shape index (κ2) is 7.70. The molecule has 0 aliphatic carbocycles. The highest BCUT2D eigenvalue weighted by molar-refractivity contribution is 5.76. The first-order valence-corrected chi connectivity index (χ1v) is 7.18. The van der Waals surface area contributed by atoms with E-state index in [4.69, 9.17) is 5.73 Å². The van der Waals surface area contributed by atoms with Gasteiger partial charge in [0.2, 0.25) is 5.91 Å². The molecule has 1 aliphatic rings. The largest absolute Gasteiger partial charge is 0.340 e. The summed E-state index contributed by atoms with van der Waals surface area (Å²) in [7, 11) is 0. The Labute approximate surface area is 106 Å². The van der Waals surface area contributed by atoms with Crippen molar-refractivity contribution >= 4 is 5.91 Å². The summed E-state index contributed by atoms with van der Waals surface area (Å²) in [5.74, 6) is 0.816. The van der Waals surface area contributed by atoms with Crippen molar-refractivity contribution in [2.24, 2.45) is 11.7 Å². The Morgan fingerprint density at radius 3 is 2.88 bits per heavy atom. The molecule has 2 unspecified atom stereocenters. The van der Waals surface area contributed by atoms with E-state index in [-0.39, 0.29) is 0 Å². The topological polar surface area (TPSA) is 46.3 Å². The number of nitrogens with two attached hydrogens (primary N) is 1. The third-order valence-electron chi connectivity index (χ3n) is 3.82. The minimum atomic E-state index is 0.350. The van der Waals surface area contributed by atoms with Crippen LogP contribution in [0.2, 0.25) is 0 Å². The van der Waals surface area contributed by atoms with Crippen molar-refractivity contribution in [2.75, 3.05) is 13.1 Å². The predicted octanol–water partition coefficient (Wildman–Crippen LogP) is 2.54. The van der Waals surface area contributed by atoms with E-state index in [2.05, 4.69) is 18.7 Å². The van der Waals surface area contributed by atoms with Gasteiger partial charge in [0.05, 0.1) is 0 Å². The molecule has 0 radical (unpaired) electrons. The normalized spacial score (nSPS) is 22.5. The molecular weight excluding hydrogens is 212 g/mol. The molecule has 1 aliphatic heterocycles. The summed E-state index contributed by atoms with van der Waals surface area (Å²) in [4.78, 5) is 14.3. The first-order valence-electron chi connectivity index (χ1n) is 7.18. The Morgan fingerprint density at radius 2 is 2.24 bits per heavy atom. The number of carbonyl (C=O) groups is 1. The van der Waals surface area contributed by atoms with Crippen LogP contribution in [0.25, 0.3) is 0 Å². The first kappa shape index (κ1) is 14.5. The SMILES string of the molecule is CCCC1CCCCN1C(=O)CCC(C)CN. The molecule has 1 amide bonds. The fourth-order valence-corrected chi connectivity index (χ4v) is 2.59. The van der Waals surface area contributed by atoms with Crippen molar-refractivity contribution in [3.05, 3.63) is 0 Å². The van der Waals surface area contributed by atoms with Crippen LogP contribution in [0.1, 0.15) is 58.8 Å². The van der Waals surface area contributed by atoms with Gasteiger partial charge in [0, 0.05) is 19.0 Å². The van der Waals surface area contributed by atoms with Crippen molar-refractivity contribution in [2.45, 2.75) is 64.8 Å². The van der Waals surface area contributed by atoms with E-state index in [1.54, 1.807) is 0 Å². The van der Waals surface area contributed by atoms with Gasteiger partial charge in [-0.15, -0.1) is 0 Å². The van der Waals surface area contributed by atoms with Gasteiger partial charge in [0.25, 0.3) is 0 Å². The highest BCUT2D eigenvalue weighted by Crippen LogP contribution is 2.22. The molecular formula is C14H28N2O. The van der Waals surface area contributed by atoms with Gasteiger partial charge in [0.1, 0.15) is 0 Å². The van der Waals surface area contributed by atoms with Gasteiger partial charge in [0.15, 0.2) is 0 Å². The maximum atomic E-state index is 12.2. The maximum absolute atomic E-state index is 12.2. The van der Waals surface area contributed by atoms with E-state index in [1.807, 2.05) is 0 Å². The smallest absolute Gasteiger partial charge is 0.222 e. The molecule has 0 bridgehead atoms. The van der Waals surface area contributed by atoms with Crippen LogP contribution in [-0.2, 0) is 4.79 Å². The Hall–Kier alpha value is -0.570. The zero-order valence-corrected chi connectivity index (χ0v) is 11.5. The highest BCUT2D eigenvalue weighted by Gasteiger charge is 2.25. The zero-order valence-electron chi connectivity index (χ0n) is 11.5. The number of hydrogen-bond donors (Lipinski definition) is 1. The highest BCUT2D eigenvalue weighted by atomic mass is 16.2. The third kappa shape index (κ3) is 4.66. The van der Waals surface area contributed by atoms with Gasteiger partial charge in [-0.1, -0.05) is 20.3 Å². The van der Waals surface area contributed by atoms with Crippen molar-refractivity contribution < 1.29 is 4.79 Å². The number of piperidine rings is 1. The van der Waals surface area contributed by atoms with Crippen molar-refractivity contribution in [3.63, 3.8) is 0 Å². The maximum Gasteiger partial charge on any atom is 0.222 e. The summed E-state index contributed by atoms with van der Waals surface area (Å²) >= 11 is 0. The monoisotopic (exact) mass is 240 g/mol. The quantitative estimate of drug-likeness (QED) is 0.775. The lowest BCUT2D eigenvalue weighted by Gasteiger charge is -2.36. The summed E-state index contributed by atoms with van der Waals surface area (Å²) in [6.45, 7) is 5.98. The Morgan fingerprint density at radius 1 is 1.47 bits per heavy atom. The fraction of sp³-hybridized carbons (Fsp3) is 0.929. The van der Waals surface area contributed by atoms with Gasteiger partial charge in [-0.25, -0.2) is 0 Å². The number of amides is 1. The molecule has 1 rings (SSSR count). The van der Waals surface area contributed by atoms with Gasteiger partial charge >= 0.3 is 0 Å². The Kier molecular flexibility index (Phi) is 6.56. The van der Waals surface area contributed by atoms with E-state index in [1.165, 1.54) is 25.7 Å². The van der Waals surface area contributed by atoms with Crippen LogP contribution < -0.4 is 5.73 Å². The molecule has 3 heteroatoms. The number of hydrogen-bond acceptors (Lipinski definition) is 2. The van der Waals surface area contributed by atoms with Gasteiger partial charge < -0.3 is 10.6 Å². The molecule has 0 aromatic rings. The summed E-state index contributed by atoms with van der Waals surface area (Å²) in [5.41, 5.74) is 5.59. The standard InChI is InChI=1S/C14H28N2O/c1-3-6-13-7-4-5-10-16(13)14(17)9-8-12(2)11-15/h12-13H,3-11,15H2,1-2H3. The van der Waals surface area contributed by atoms with E-state index >= 15 is 0 Å². The van der Waals surface area contributed by atoms with Crippen LogP contribution in [0.15, 0.2) is 0 Å². The summed E-state index contributed by atoms with van der Waals surface area (Å²) in [6, 6.07) is 0.509. The van der Waals surface area contributed by atoms with Crippen LogP contribution in [0, 0.1) is 5.92 Å². The third-order valence-corrected chi connectivity index (χ3v) is 3.82. The molecule has 3 nitrogen and oxygen atoms in total. The number of carbonyl (C=O) groups excluding carboxylic acids is 1. The number of likely N-dealkylation sites (tertiary alicyclic amines) is 1. The van der Waals surface area contributed by atoms with Crippen molar-refractivity contribution in [1.29, 1.82) is 0 Å². The molecule has 0 saturated carbocycles. The Bertz CT molecular complexity index is 228. The fourth-order valence-electron chi connectivity index (χ4n) is 2.59. The van der Waals surface area contributed by atoms with Crippen LogP contribution in [0.4, 0.5) is 0 Å². The van der Waals surface area contributed by atoms with Crippen LogP contribution in [0.3, 0.4) is 0 Å². The molecule has 100 valence electrons. The van der Waals surface area contributed by atoms with Gasteiger partial charge in [-0.3, -0.25) is 4.79 Å². The molecule has 0 spiro atoms. The van der Waals surface area contributed by atoms with Crippen molar-refractivity contribution in [3.8, 4) is 0 Å². The Balaban J connectivity index is 2.41. The molecule has 1 heterocycles. The van der Waals surface area contributed by atoms with E-state index < -0.39 is 0 Å². The second-order valence-electron chi connectivity index (χ2n) is 5.40. The average Bonchev–Trinajstić information content (AvgIpc) is 2.36. The molecule has 1 saturated heterocycles. The lowest BCUT2D eigenvalue weighted by atomic mass is 9.97. The predicted molar refractivity (Wildman–Crippen MR) is 71.7 cm³/mol. The summed E-state index contributed by atoms with van der Waals surface area (Å²) in [6.07, 6.45) is 7.62. The summed E-state index contributed by atoms with van der Waals surface area (Å²) < 4.78 is 0. The van der Waals surface area contributed by atoms with E-state index in [9.17, 15) is 4.79 Å². The molecule has 0 aromatic heterocycles. The minimum absolute atomic E-state index is 0.350.